The highest BCUT2D eigenvalue weighted by Crippen LogP contribution is 2.35. The lowest BCUT2D eigenvalue weighted by Crippen LogP contribution is -2.43. The Balaban J connectivity index is 2.39. The lowest BCUT2D eigenvalue weighted by molar-refractivity contribution is -0.386. The topological polar surface area (TPSA) is 72.4 Å². The maximum atomic E-state index is 13.6. The van der Waals surface area contributed by atoms with Gasteiger partial charge in [-0.05, 0) is 24.8 Å². The molecule has 1 saturated heterocycles. The summed E-state index contributed by atoms with van der Waals surface area (Å²) in [5.74, 6) is -1.40. The van der Waals surface area contributed by atoms with Gasteiger partial charge in [-0.25, -0.2) is 4.39 Å². The largest absolute Gasteiger partial charge is 0.365 e. The third kappa shape index (κ3) is 2.72. The van der Waals surface area contributed by atoms with Crippen molar-refractivity contribution in [2.24, 2.45) is 17.6 Å². The van der Waals surface area contributed by atoms with E-state index in [4.69, 9.17) is 5.73 Å². The van der Waals surface area contributed by atoms with Gasteiger partial charge < -0.3 is 10.6 Å². The number of piperidine rings is 1. The first-order chi connectivity index (χ1) is 9.43. The van der Waals surface area contributed by atoms with Crippen LogP contribution in [0.3, 0.4) is 0 Å². The van der Waals surface area contributed by atoms with Gasteiger partial charge >= 0.3 is 5.69 Å². The van der Waals surface area contributed by atoms with Crippen molar-refractivity contribution in [3.05, 3.63) is 33.9 Å². The van der Waals surface area contributed by atoms with Crippen LogP contribution in [-0.4, -0.2) is 24.6 Å². The van der Waals surface area contributed by atoms with Crippen molar-refractivity contribution in [1.29, 1.82) is 0 Å². The van der Waals surface area contributed by atoms with E-state index in [1.165, 1.54) is 0 Å². The number of hydrogen-bond donors (Lipinski definition) is 1. The smallest absolute Gasteiger partial charge is 0.328 e. The Bertz CT molecular complexity index is 525. The standard InChI is InChI=1S/C13H17F2N3O2/c1-8-2-3-17(7-9(8)6-16)12-5-10(14)4-11(15)13(12)18(19)20/h4-5,8-9H,2-3,6-7,16H2,1H3. The Labute approximate surface area is 115 Å². The molecule has 0 aromatic heterocycles. The zero-order chi connectivity index (χ0) is 14.9. The van der Waals surface area contributed by atoms with Crippen LogP contribution >= 0.6 is 0 Å². The Morgan fingerprint density at radius 3 is 2.80 bits per heavy atom. The summed E-state index contributed by atoms with van der Waals surface area (Å²) in [5, 5.41) is 11.0. The fourth-order valence-corrected chi connectivity index (χ4v) is 2.65. The summed E-state index contributed by atoms with van der Waals surface area (Å²) < 4.78 is 27.0. The molecule has 1 aliphatic rings. The molecule has 2 rings (SSSR count). The molecule has 7 heteroatoms. The van der Waals surface area contributed by atoms with Crippen LogP contribution in [0.1, 0.15) is 13.3 Å². The number of nitro benzene ring substituents is 1. The Kier molecular flexibility index (Phi) is 4.17. The molecule has 0 spiro atoms. The average molecular weight is 285 g/mol. The second-order valence-electron chi connectivity index (χ2n) is 5.22. The molecule has 2 N–H and O–H groups in total. The second-order valence-corrected chi connectivity index (χ2v) is 5.22. The van der Waals surface area contributed by atoms with Crippen LogP contribution in [0.5, 0.6) is 0 Å². The van der Waals surface area contributed by atoms with E-state index in [-0.39, 0.29) is 11.6 Å². The first kappa shape index (κ1) is 14.6. The van der Waals surface area contributed by atoms with Crippen molar-refractivity contribution in [2.75, 3.05) is 24.5 Å². The summed E-state index contributed by atoms with van der Waals surface area (Å²) in [5.41, 5.74) is 5.01. The number of rotatable bonds is 3. The second kappa shape index (κ2) is 5.70. The van der Waals surface area contributed by atoms with Gasteiger partial charge in [0, 0.05) is 25.2 Å². The summed E-state index contributed by atoms with van der Waals surface area (Å²) >= 11 is 0. The van der Waals surface area contributed by atoms with E-state index in [0.717, 1.165) is 12.5 Å². The van der Waals surface area contributed by atoms with Gasteiger partial charge in [0.25, 0.3) is 0 Å². The maximum absolute atomic E-state index is 13.6. The summed E-state index contributed by atoms with van der Waals surface area (Å²) in [6.45, 7) is 3.52. The van der Waals surface area contributed by atoms with Gasteiger partial charge in [-0.15, -0.1) is 0 Å². The summed E-state index contributed by atoms with van der Waals surface area (Å²) in [6, 6.07) is 1.55. The van der Waals surface area contributed by atoms with Gasteiger partial charge in [0.2, 0.25) is 5.82 Å². The first-order valence-corrected chi connectivity index (χ1v) is 6.52. The molecule has 2 atom stereocenters. The molecule has 1 aromatic rings. The summed E-state index contributed by atoms with van der Waals surface area (Å²) in [6.07, 6.45) is 0.789. The van der Waals surface area contributed by atoms with E-state index in [0.29, 0.717) is 31.6 Å². The number of halogens is 2. The highest BCUT2D eigenvalue weighted by Gasteiger charge is 2.31. The lowest BCUT2D eigenvalue weighted by Gasteiger charge is -2.37. The van der Waals surface area contributed by atoms with Crippen LogP contribution in [0.2, 0.25) is 0 Å². The molecule has 0 bridgehead atoms. The quantitative estimate of drug-likeness (QED) is 0.683. The van der Waals surface area contributed by atoms with Crippen LogP contribution < -0.4 is 10.6 Å². The van der Waals surface area contributed by atoms with Crippen LogP contribution in [-0.2, 0) is 0 Å². The van der Waals surface area contributed by atoms with Crippen LogP contribution in [0.15, 0.2) is 12.1 Å². The van der Waals surface area contributed by atoms with Crippen molar-refractivity contribution in [1.82, 2.24) is 0 Å². The zero-order valence-corrected chi connectivity index (χ0v) is 11.2. The molecular weight excluding hydrogens is 268 g/mol. The third-order valence-electron chi connectivity index (χ3n) is 3.95. The third-order valence-corrected chi connectivity index (χ3v) is 3.95. The Hall–Kier alpha value is -1.76. The predicted molar refractivity (Wildman–Crippen MR) is 71.6 cm³/mol. The minimum Gasteiger partial charge on any atom is -0.365 e. The zero-order valence-electron chi connectivity index (χ0n) is 11.2. The fraction of sp³-hybridized carbons (Fsp3) is 0.538. The molecule has 1 heterocycles. The number of nitrogens with zero attached hydrogens (tertiary/aromatic N) is 2. The maximum Gasteiger partial charge on any atom is 0.328 e. The number of hydrogen-bond acceptors (Lipinski definition) is 4. The van der Waals surface area contributed by atoms with Crippen molar-refractivity contribution in [2.45, 2.75) is 13.3 Å². The van der Waals surface area contributed by atoms with Crippen molar-refractivity contribution >= 4 is 11.4 Å². The van der Waals surface area contributed by atoms with Gasteiger partial charge in [0.15, 0.2) is 0 Å². The van der Waals surface area contributed by atoms with Gasteiger partial charge in [0.1, 0.15) is 11.5 Å². The summed E-state index contributed by atoms with van der Waals surface area (Å²) in [7, 11) is 0. The Morgan fingerprint density at radius 2 is 2.20 bits per heavy atom. The molecular formula is C13H17F2N3O2. The predicted octanol–water partition coefficient (Wildman–Crippen LogP) is 2.29. The highest BCUT2D eigenvalue weighted by atomic mass is 19.1. The van der Waals surface area contributed by atoms with Crippen LogP contribution in [0.25, 0.3) is 0 Å². The highest BCUT2D eigenvalue weighted by molar-refractivity contribution is 5.64. The van der Waals surface area contributed by atoms with E-state index in [2.05, 4.69) is 6.92 Å². The molecule has 110 valence electrons. The van der Waals surface area contributed by atoms with E-state index in [1.807, 2.05) is 0 Å². The number of nitrogens with two attached hydrogens (primary N) is 1. The van der Waals surface area contributed by atoms with E-state index in [9.17, 15) is 18.9 Å². The van der Waals surface area contributed by atoms with Crippen molar-refractivity contribution in [3.8, 4) is 0 Å². The van der Waals surface area contributed by atoms with E-state index in [1.54, 1.807) is 4.90 Å². The molecule has 0 aliphatic carbocycles. The molecule has 0 saturated carbocycles. The minimum atomic E-state index is -1.15. The van der Waals surface area contributed by atoms with E-state index < -0.39 is 22.2 Å². The molecule has 0 radical (unpaired) electrons. The number of anilines is 1. The van der Waals surface area contributed by atoms with Gasteiger partial charge in [-0.2, -0.15) is 4.39 Å². The van der Waals surface area contributed by atoms with Gasteiger partial charge in [0.05, 0.1) is 4.92 Å². The first-order valence-electron chi connectivity index (χ1n) is 6.52. The van der Waals surface area contributed by atoms with Crippen molar-refractivity contribution < 1.29 is 13.7 Å². The minimum absolute atomic E-state index is 0.00199. The molecule has 1 aromatic carbocycles. The van der Waals surface area contributed by atoms with Crippen LogP contribution in [0, 0.1) is 33.6 Å². The SMILES string of the molecule is CC1CCN(c2cc(F)cc(F)c2[N+](=O)[O-])CC1CN. The molecule has 20 heavy (non-hydrogen) atoms. The lowest BCUT2D eigenvalue weighted by atomic mass is 9.87. The number of benzene rings is 1. The molecule has 1 aliphatic heterocycles. The van der Waals surface area contributed by atoms with Gasteiger partial charge in [-0.3, -0.25) is 10.1 Å². The molecule has 1 fully saturated rings. The molecule has 2 unspecified atom stereocenters. The fourth-order valence-electron chi connectivity index (χ4n) is 2.65. The normalized spacial score (nSPS) is 22.9. The monoisotopic (exact) mass is 285 g/mol. The average Bonchev–Trinajstić information content (AvgIpc) is 2.37. The molecule has 0 amide bonds. The number of nitro groups is 1. The van der Waals surface area contributed by atoms with Gasteiger partial charge in [-0.1, -0.05) is 6.92 Å². The van der Waals surface area contributed by atoms with Crippen molar-refractivity contribution in [3.63, 3.8) is 0 Å². The molecule has 5 nitrogen and oxygen atoms in total. The van der Waals surface area contributed by atoms with Crippen LogP contribution in [0.4, 0.5) is 20.2 Å². The summed E-state index contributed by atoms with van der Waals surface area (Å²) in [4.78, 5) is 11.9. The van der Waals surface area contributed by atoms with E-state index >= 15 is 0 Å². The Morgan fingerprint density at radius 1 is 1.50 bits per heavy atom.